The van der Waals surface area contributed by atoms with Crippen LogP contribution in [0, 0.1) is 0 Å². The molecule has 1 heterocycles. The van der Waals surface area contributed by atoms with E-state index in [1.165, 1.54) is 10.5 Å². The quantitative estimate of drug-likeness (QED) is 0.352. The lowest BCUT2D eigenvalue weighted by atomic mass is 10.2. The van der Waals surface area contributed by atoms with E-state index in [-0.39, 0.29) is 24.9 Å². The second kappa shape index (κ2) is 13.2. The van der Waals surface area contributed by atoms with Crippen molar-refractivity contribution in [2.45, 2.75) is 13.1 Å². The lowest BCUT2D eigenvalue weighted by molar-refractivity contribution is -0.133. The predicted molar refractivity (Wildman–Crippen MR) is 136 cm³/mol. The van der Waals surface area contributed by atoms with Crippen molar-refractivity contribution < 1.29 is 19.1 Å². The normalized spacial score (nSPS) is 10.6. The molecule has 2 amide bonds. The molecule has 0 atom stereocenters. The largest absolute Gasteiger partial charge is 0.497 e. The van der Waals surface area contributed by atoms with E-state index < -0.39 is 0 Å². The predicted octanol–water partition coefficient (Wildman–Crippen LogP) is 3.85. The van der Waals surface area contributed by atoms with Crippen LogP contribution in [0.4, 0.5) is 0 Å². The summed E-state index contributed by atoms with van der Waals surface area (Å²) in [7, 11) is 3.16. The standard InChI is InChI=1S/C28H33N3O4/c1-4-15-31(28(33)24-12-8-14-26(19-24)35-3)22-27(32)30(17-18-34-2)21-25-13-9-16-29(25)20-23-10-6-5-7-11-23/h4-14,16,19H,1,15,17-18,20-22H2,2-3H3. The molecule has 0 fully saturated rings. The average molecular weight is 476 g/mol. The fraction of sp³-hybridized carbons (Fsp3) is 0.286. The average Bonchev–Trinajstić information content (AvgIpc) is 3.32. The Morgan fingerprint density at radius 2 is 1.80 bits per heavy atom. The Bertz CT molecular complexity index is 1110. The second-order valence-corrected chi connectivity index (χ2v) is 8.13. The van der Waals surface area contributed by atoms with Gasteiger partial charge >= 0.3 is 0 Å². The number of rotatable bonds is 13. The van der Waals surface area contributed by atoms with Crippen LogP contribution in [-0.4, -0.2) is 66.6 Å². The smallest absolute Gasteiger partial charge is 0.254 e. The first-order chi connectivity index (χ1) is 17.0. The van der Waals surface area contributed by atoms with E-state index in [1.807, 2.05) is 36.5 Å². The Balaban J connectivity index is 1.75. The molecule has 0 bridgehead atoms. The zero-order valence-electron chi connectivity index (χ0n) is 20.4. The summed E-state index contributed by atoms with van der Waals surface area (Å²) >= 11 is 0. The SMILES string of the molecule is C=CCN(CC(=O)N(CCOC)Cc1cccn1Cc1ccccc1)C(=O)c1cccc(OC)c1. The Labute approximate surface area is 207 Å². The number of carbonyl (C=O) groups is 2. The Morgan fingerprint density at radius 3 is 2.51 bits per heavy atom. The van der Waals surface area contributed by atoms with E-state index in [4.69, 9.17) is 9.47 Å². The van der Waals surface area contributed by atoms with Gasteiger partial charge in [0, 0.05) is 44.2 Å². The molecule has 0 saturated carbocycles. The van der Waals surface area contributed by atoms with Crippen LogP contribution in [0.25, 0.3) is 0 Å². The lowest BCUT2D eigenvalue weighted by Gasteiger charge is -2.27. The van der Waals surface area contributed by atoms with Gasteiger partial charge in [0.1, 0.15) is 12.3 Å². The highest BCUT2D eigenvalue weighted by Crippen LogP contribution is 2.16. The van der Waals surface area contributed by atoms with Gasteiger partial charge in [0.2, 0.25) is 5.91 Å². The molecule has 0 saturated heterocycles. The van der Waals surface area contributed by atoms with Gasteiger partial charge in [0.15, 0.2) is 0 Å². The fourth-order valence-electron chi connectivity index (χ4n) is 3.79. The highest BCUT2D eigenvalue weighted by Gasteiger charge is 2.23. The monoisotopic (exact) mass is 475 g/mol. The van der Waals surface area contributed by atoms with E-state index in [1.54, 1.807) is 49.5 Å². The van der Waals surface area contributed by atoms with Crippen LogP contribution >= 0.6 is 0 Å². The van der Waals surface area contributed by atoms with Gasteiger partial charge in [-0.1, -0.05) is 42.5 Å². The van der Waals surface area contributed by atoms with Crippen molar-refractivity contribution in [3.63, 3.8) is 0 Å². The molecule has 3 rings (SSSR count). The van der Waals surface area contributed by atoms with Gasteiger partial charge in [-0.15, -0.1) is 6.58 Å². The molecule has 0 aliphatic carbocycles. The van der Waals surface area contributed by atoms with Gasteiger partial charge in [-0.05, 0) is 35.9 Å². The third-order valence-electron chi connectivity index (χ3n) is 5.67. The molecule has 0 spiro atoms. The van der Waals surface area contributed by atoms with Crippen LogP contribution in [0.15, 0.2) is 85.6 Å². The van der Waals surface area contributed by atoms with Crippen LogP contribution in [0.5, 0.6) is 5.75 Å². The minimum atomic E-state index is -0.253. The molecule has 1 aromatic heterocycles. The van der Waals surface area contributed by atoms with Crippen LogP contribution < -0.4 is 4.74 Å². The van der Waals surface area contributed by atoms with Crippen molar-refractivity contribution in [2.75, 3.05) is 40.5 Å². The number of amides is 2. The van der Waals surface area contributed by atoms with Gasteiger partial charge in [0.05, 0.1) is 20.3 Å². The van der Waals surface area contributed by atoms with Crippen molar-refractivity contribution in [2.24, 2.45) is 0 Å². The Hall–Kier alpha value is -3.84. The molecule has 0 aliphatic rings. The summed E-state index contributed by atoms with van der Waals surface area (Å²) in [5.74, 6) is 0.172. The number of methoxy groups -OCH3 is 2. The van der Waals surface area contributed by atoms with E-state index >= 15 is 0 Å². The topological polar surface area (TPSA) is 64.0 Å². The summed E-state index contributed by atoms with van der Waals surface area (Å²) in [6.45, 7) is 5.89. The molecular formula is C28H33N3O4. The maximum atomic E-state index is 13.4. The number of nitrogens with zero attached hydrogens (tertiary/aromatic N) is 3. The first kappa shape index (κ1) is 25.8. The van der Waals surface area contributed by atoms with Crippen LogP contribution in [0.3, 0.4) is 0 Å². The maximum absolute atomic E-state index is 13.4. The van der Waals surface area contributed by atoms with Crippen LogP contribution in [0.2, 0.25) is 0 Å². The van der Waals surface area contributed by atoms with Crippen molar-refractivity contribution in [3.8, 4) is 5.75 Å². The number of carbonyl (C=O) groups excluding carboxylic acids is 2. The summed E-state index contributed by atoms with van der Waals surface area (Å²) in [5, 5.41) is 0. The zero-order chi connectivity index (χ0) is 25.0. The zero-order valence-corrected chi connectivity index (χ0v) is 20.4. The van der Waals surface area contributed by atoms with Gasteiger partial charge in [-0.3, -0.25) is 9.59 Å². The van der Waals surface area contributed by atoms with Crippen LogP contribution in [-0.2, 0) is 22.6 Å². The summed E-state index contributed by atoms with van der Waals surface area (Å²) < 4.78 is 12.6. The van der Waals surface area contributed by atoms with E-state index in [0.29, 0.717) is 37.6 Å². The summed E-state index contributed by atoms with van der Waals surface area (Å²) in [6, 6.07) is 21.1. The molecule has 3 aromatic rings. The summed E-state index contributed by atoms with van der Waals surface area (Å²) in [4.78, 5) is 29.8. The minimum Gasteiger partial charge on any atom is -0.497 e. The molecule has 7 heteroatoms. The third kappa shape index (κ3) is 7.32. The number of aromatic nitrogens is 1. The van der Waals surface area contributed by atoms with Crippen molar-refractivity contribution in [1.29, 1.82) is 0 Å². The van der Waals surface area contributed by atoms with Gasteiger partial charge < -0.3 is 23.8 Å². The van der Waals surface area contributed by atoms with Crippen molar-refractivity contribution in [3.05, 3.63) is 102 Å². The van der Waals surface area contributed by atoms with Gasteiger partial charge in [-0.25, -0.2) is 0 Å². The lowest BCUT2D eigenvalue weighted by Crippen LogP contribution is -2.44. The number of hydrogen-bond donors (Lipinski definition) is 0. The molecule has 0 aliphatic heterocycles. The third-order valence-corrected chi connectivity index (χ3v) is 5.67. The van der Waals surface area contributed by atoms with Crippen molar-refractivity contribution >= 4 is 11.8 Å². The highest BCUT2D eigenvalue weighted by atomic mass is 16.5. The van der Waals surface area contributed by atoms with Crippen molar-refractivity contribution in [1.82, 2.24) is 14.4 Å². The molecule has 35 heavy (non-hydrogen) atoms. The molecule has 184 valence electrons. The molecule has 7 nitrogen and oxygen atoms in total. The first-order valence-electron chi connectivity index (χ1n) is 11.5. The maximum Gasteiger partial charge on any atom is 0.254 e. The number of benzene rings is 2. The van der Waals surface area contributed by atoms with E-state index in [9.17, 15) is 9.59 Å². The number of ether oxygens (including phenoxy) is 2. The van der Waals surface area contributed by atoms with Crippen LogP contribution in [0.1, 0.15) is 21.6 Å². The summed E-state index contributed by atoms with van der Waals surface area (Å²) in [6.07, 6.45) is 3.63. The molecule has 0 radical (unpaired) electrons. The molecule has 2 aromatic carbocycles. The Morgan fingerprint density at radius 1 is 1.00 bits per heavy atom. The first-order valence-corrected chi connectivity index (χ1v) is 11.5. The highest BCUT2D eigenvalue weighted by molar-refractivity contribution is 5.97. The Kier molecular flexibility index (Phi) is 9.69. The minimum absolute atomic E-state index is 0.0643. The molecular weight excluding hydrogens is 442 g/mol. The summed E-state index contributed by atoms with van der Waals surface area (Å²) in [5.41, 5.74) is 2.65. The van der Waals surface area contributed by atoms with Gasteiger partial charge in [-0.2, -0.15) is 0 Å². The number of hydrogen-bond acceptors (Lipinski definition) is 4. The fourth-order valence-corrected chi connectivity index (χ4v) is 3.79. The van der Waals surface area contributed by atoms with E-state index in [2.05, 4.69) is 23.3 Å². The van der Waals surface area contributed by atoms with E-state index in [0.717, 1.165) is 5.69 Å². The molecule has 0 unspecified atom stereocenters. The van der Waals surface area contributed by atoms with Gasteiger partial charge in [0.25, 0.3) is 5.91 Å². The second-order valence-electron chi connectivity index (χ2n) is 8.13. The molecule has 0 N–H and O–H groups in total.